The third-order valence-electron chi connectivity index (χ3n) is 5.23. The van der Waals surface area contributed by atoms with Crippen LogP contribution in [0.4, 0.5) is 0 Å². The number of fused-ring (bicyclic) bond motifs is 2. The fourth-order valence-electron chi connectivity index (χ4n) is 4.43. The zero-order valence-corrected chi connectivity index (χ0v) is 13.3. The predicted molar refractivity (Wildman–Crippen MR) is 84.2 cm³/mol. The number of methoxy groups -OCH3 is 2. The number of hydrogen-bond acceptors (Lipinski definition) is 3. The zero-order valence-electron chi connectivity index (χ0n) is 13.3. The summed E-state index contributed by atoms with van der Waals surface area (Å²) in [6, 6.07) is 10.8. The van der Waals surface area contributed by atoms with Gasteiger partial charge in [-0.15, -0.1) is 0 Å². The second kappa shape index (κ2) is 6.47. The number of nitrogens with zero attached hydrogens (tertiary/aromatic N) is 1. The van der Waals surface area contributed by atoms with Gasteiger partial charge in [-0.3, -0.25) is 4.90 Å². The van der Waals surface area contributed by atoms with Crippen molar-refractivity contribution >= 4 is 0 Å². The van der Waals surface area contributed by atoms with Crippen molar-refractivity contribution in [3.8, 4) is 0 Å². The van der Waals surface area contributed by atoms with E-state index in [1.165, 1.54) is 24.8 Å². The molecule has 2 bridgehead atoms. The zero-order chi connectivity index (χ0) is 14.7. The molecule has 0 radical (unpaired) electrons. The molecule has 1 heterocycles. The van der Waals surface area contributed by atoms with Crippen molar-refractivity contribution in [3.63, 3.8) is 0 Å². The molecule has 0 unspecified atom stereocenters. The normalized spacial score (nSPS) is 33.0. The molecular weight excluding hydrogens is 262 g/mol. The smallest absolute Gasteiger partial charge is 0.0612 e. The van der Waals surface area contributed by atoms with Gasteiger partial charge in [0.25, 0.3) is 0 Å². The highest BCUT2D eigenvalue weighted by Gasteiger charge is 2.46. The maximum absolute atomic E-state index is 5.73. The molecule has 116 valence electrons. The number of benzene rings is 1. The lowest BCUT2D eigenvalue weighted by Gasteiger charge is -2.52. The van der Waals surface area contributed by atoms with Crippen LogP contribution in [-0.4, -0.2) is 44.9 Å². The van der Waals surface area contributed by atoms with Crippen molar-refractivity contribution in [1.82, 2.24) is 4.90 Å². The second-order valence-corrected chi connectivity index (χ2v) is 6.87. The lowest BCUT2D eigenvalue weighted by Crippen LogP contribution is -2.55. The summed E-state index contributed by atoms with van der Waals surface area (Å²) < 4.78 is 11.3. The Morgan fingerprint density at radius 3 is 2.76 bits per heavy atom. The number of piperidine rings is 1. The van der Waals surface area contributed by atoms with Crippen LogP contribution < -0.4 is 0 Å². The Kier molecular flexibility index (Phi) is 4.63. The van der Waals surface area contributed by atoms with Crippen LogP contribution in [0.2, 0.25) is 0 Å². The van der Waals surface area contributed by atoms with Crippen molar-refractivity contribution in [2.75, 3.05) is 33.9 Å². The first-order valence-electron chi connectivity index (χ1n) is 8.03. The maximum atomic E-state index is 5.73. The highest BCUT2D eigenvalue weighted by molar-refractivity contribution is 5.15. The minimum absolute atomic E-state index is 0.335. The Morgan fingerprint density at radius 1 is 1.24 bits per heavy atom. The average Bonchev–Trinajstić information content (AvgIpc) is 2.48. The topological polar surface area (TPSA) is 21.7 Å². The molecule has 1 aliphatic carbocycles. The van der Waals surface area contributed by atoms with Gasteiger partial charge in [0, 0.05) is 39.3 Å². The van der Waals surface area contributed by atoms with Crippen LogP contribution in [-0.2, 0) is 16.0 Å². The van der Waals surface area contributed by atoms with E-state index in [9.17, 15) is 0 Å². The Morgan fingerprint density at radius 2 is 2.05 bits per heavy atom. The monoisotopic (exact) mass is 289 g/mol. The molecule has 1 aliphatic heterocycles. The minimum atomic E-state index is 0.335. The molecule has 3 heteroatoms. The molecule has 1 aromatic carbocycles. The summed E-state index contributed by atoms with van der Waals surface area (Å²) in [6.45, 7) is 4.23. The summed E-state index contributed by atoms with van der Waals surface area (Å²) in [7, 11) is 3.70. The van der Waals surface area contributed by atoms with E-state index in [2.05, 4.69) is 35.2 Å². The van der Waals surface area contributed by atoms with Crippen LogP contribution in [0.5, 0.6) is 0 Å². The number of hydrogen-bond donors (Lipinski definition) is 0. The summed E-state index contributed by atoms with van der Waals surface area (Å²) in [5, 5.41) is 0. The molecular formula is C18H27NO2. The van der Waals surface area contributed by atoms with E-state index in [0.717, 1.165) is 26.2 Å². The molecule has 0 aromatic heterocycles. The standard InChI is InChI=1S/C18H27NO2/c1-20-14-18-9-8-17(21-2)16(10-18)12-19(13-18)11-15-6-4-3-5-7-15/h3-7,16-17H,8-14H2,1-2H3/t16-,17-,18-/m1/s1. The van der Waals surface area contributed by atoms with E-state index >= 15 is 0 Å². The molecule has 1 saturated heterocycles. The second-order valence-electron chi connectivity index (χ2n) is 6.87. The molecule has 1 aromatic rings. The lowest BCUT2D eigenvalue weighted by molar-refractivity contribution is -0.102. The van der Waals surface area contributed by atoms with Gasteiger partial charge in [0.2, 0.25) is 0 Å². The fraction of sp³-hybridized carbons (Fsp3) is 0.667. The Hall–Kier alpha value is -0.900. The number of likely N-dealkylation sites (tertiary alicyclic amines) is 1. The molecule has 0 spiro atoms. The number of ether oxygens (including phenoxy) is 2. The van der Waals surface area contributed by atoms with Crippen LogP contribution in [0.25, 0.3) is 0 Å². The van der Waals surface area contributed by atoms with Crippen LogP contribution in [0.15, 0.2) is 30.3 Å². The highest BCUT2D eigenvalue weighted by atomic mass is 16.5. The molecule has 21 heavy (non-hydrogen) atoms. The van der Waals surface area contributed by atoms with Crippen molar-refractivity contribution in [3.05, 3.63) is 35.9 Å². The van der Waals surface area contributed by atoms with E-state index < -0.39 is 0 Å². The van der Waals surface area contributed by atoms with Crippen molar-refractivity contribution < 1.29 is 9.47 Å². The molecule has 0 amide bonds. The van der Waals surface area contributed by atoms with Crippen LogP contribution in [0.1, 0.15) is 24.8 Å². The van der Waals surface area contributed by atoms with Gasteiger partial charge in [0.15, 0.2) is 0 Å². The summed E-state index contributed by atoms with van der Waals surface area (Å²) in [5.41, 5.74) is 1.74. The molecule has 3 atom stereocenters. The van der Waals surface area contributed by atoms with Gasteiger partial charge in [-0.1, -0.05) is 30.3 Å². The van der Waals surface area contributed by atoms with E-state index in [1.54, 1.807) is 0 Å². The summed E-state index contributed by atoms with van der Waals surface area (Å²) >= 11 is 0. The average molecular weight is 289 g/mol. The van der Waals surface area contributed by atoms with Gasteiger partial charge in [0.1, 0.15) is 0 Å². The van der Waals surface area contributed by atoms with E-state index in [4.69, 9.17) is 9.47 Å². The van der Waals surface area contributed by atoms with Crippen molar-refractivity contribution in [1.29, 1.82) is 0 Å². The third kappa shape index (κ3) is 3.31. The van der Waals surface area contributed by atoms with E-state index in [-0.39, 0.29) is 0 Å². The molecule has 3 nitrogen and oxygen atoms in total. The third-order valence-corrected chi connectivity index (χ3v) is 5.23. The number of rotatable bonds is 5. The summed E-state index contributed by atoms with van der Waals surface area (Å²) in [6.07, 6.45) is 4.09. The molecule has 0 N–H and O–H groups in total. The van der Waals surface area contributed by atoms with Gasteiger partial charge in [-0.05, 0) is 30.7 Å². The van der Waals surface area contributed by atoms with Gasteiger partial charge < -0.3 is 9.47 Å². The van der Waals surface area contributed by atoms with E-state index in [0.29, 0.717) is 17.4 Å². The minimum Gasteiger partial charge on any atom is -0.384 e. The Bertz CT molecular complexity index is 450. The predicted octanol–water partition coefficient (Wildman–Crippen LogP) is 2.95. The molecule has 2 fully saturated rings. The van der Waals surface area contributed by atoms with Gasteiger partial charge in [-0.2, -0.15) is 0 Å². The molecule has 1 saturated carbocycles. The first-order chi connectivity index (χ1) is 10.2. The SMILES string of the molecule is COC[C@@]12CC[C@@H](OC)[C@@H](CN(Cc3ccccc3)C1)C2. The van der Waals surface area contributed by atoms with Gasteiger partial charge in [0.05, 0.1) is 12.7 Å². The van der Waals surface area contributed by atoms with Crippen molar-refractivity contribution in [2.24, 2.45) is 11.3 Å². The Labute approximate surface area is 128 Å². The van der Waals surface area contributed by atoms with E-state index in [1.807, 2.05) is 14.2 Å². The lowest BCUT2D eigenvalue weighted by atomic mass is 9.65. The van der Waals surface area contributed by atoms with Crippen LogP contribution >= 0.6 is 0 Å². The summed E-state index contributed by atoms with van der Waals surface area (Å²) in [5.74, 6) is 0.649. The van der Waals surface area contributed by atoms with Gasteiger partial charge in [-0.25, -0.2) is 0 Å². The maximum Gasteiger partial charge on any atom is 0.0612 e. The largest absolute Gasteiger partial charge is 0.384 e. The summed E-state index contributed by atoms with van der Waals surface area (Å²) in [4.78, 5) is 2.60. The van der Waals surface area contributed by atoms with Crippen LogP contribution in [0.3, 0.4) is 0 Å². The highest BCUT2D eigenvalue weighted by Crippen LogP contribution is 2.45. The van der Waals surface area contributed by atoms with Crippen LogP contribution in [0, 0.1) is 11.3 Å². The Balaban J connectivity index is 1.74. The molecule has 3 rings (SSSR count). The quantitative estimate of drug-likeness (QED) is 0.832. The van der Waals surface area contributed by atoms with Gasteiger partial charge >= 0.3 is 0 Å². The molecule has 2 aliphatic rings. The fourth-order valence-corrected chi connectivity index (χ4v) is 4.43. The first-order valence-corrected chi connectivity index (χ1v) is 8.03. The first kappa shape index (κ1) is 15.0. The van der Waals surface area contributed by atoms with Crippen molar-refractivity contribution in [2.45, 2.75) is 31.9 Å².